The van der Waals surface area contributed by atoms with Crippen molar-refractivity contribution >= 4 is 60.6 Å². The van der Waals surface area contributed by atoms with Gasteiger partial charge in [0.1, 0.15) is 0 Å². The molecular weight excluding hydrogens is 304 g/mol. The van der Waals surface area contributed by atoms with Crippen LogP contribution in [0.15, 0.2) is 52.7 Å². The number of rotatable bonds is 0. The second-order valence-electron chi connectivity index (χ2n) is 5.84. The molecule has 2 aromatic carbocycles. The Morgan fingerprint density at radius 3 is 2.36 bits per heavy atom. The van der Waals surface area contributed by atoms with Gasteiger partial charge in [-0.15, -0.1) is 22.7 Å². The maximum absolute atomic E-state index is 2.37. The molecule has 2 aromatic heterocycles. The van der Waals surface area contributed by atoms with Crippen LogP contribution in [0.25, 0.3) is 37.9 Å². The highest BCUT2D eigenvalue weighted by Crippen LogP contribution is 2.40. The van der Waals surface area contributed by atoms with Crippen LogP contribution in [0, 0.1) is 0 Å². The van der Waals surface area contributed by atoms with Gasteiger partial charge in [-0.2, -0.15) is 0 Å². The SMILES string of the molecule is C1=C2C=c3c(ccc4sccc34)=C2c2ccc3sccc3c21. The molecule has 2 aliphatic rings. The zero-order valence-corrected chi connectivity index (χ0v) is 13.2. The first-order valence-corrected chi connectivity index (χ1v) is 9.11. The Labute approximate surface area is 135 Å². The van der Waals surface area contributed by atoms with Gasteiger partial charge >= 0.3 is 0 Å². The van der Waals surface area contributed by atoms with Gasteiger partial charge in [-0.1, -0.05) is 12.1 Å². The van der Waals surface area contributed by atoms with Gasteiger partial charge in [0, 0.05) is 20.2 Å². The van der Waals surface area contributed by atoms with Gasteiger partial charge < -0.3 is 0 Å². The highest BCUT2D eigenvalue weighted by Gasteiger charge is 2.24. The van der Waals surface area contributed by atoms with E-state index in [4.69, 9.17) is 0 Å². The van der Waals surface area contributed by atoms with Crippen molar-refractivity contribution in [1.29, 1.82) is 0 Å². The molecule has 2 heteroatoms. The van der Waals surface area contributed by atoms with E-state index < -0.39 is 0 Å². The van der Waals surface area contributed by atoms with Crippen molar-refractivity contribution < 1.29 is 0 Å². The molecule has 0 saturated carbocycles. The van der Waals surface area contributed by atoms with Crippen molar-refractivity contribution in [2.45, 2.75) is 0 Å². The lowest BCUT2D eigenvalue weighted by atomic mass is 10.0. The summed E-state index contributed by atoms with van der Waals surface area (Å²) in [7, 11) is 0. The van der Waals surface area contributed by atoms with Crippen LogP contribution in [-0.2, 0) is 0 Å². The average Bonchev–Trinajstić information content (AvgIpc) is 3.27. The monoisotopic (exact) mass is 314 g/mol. The highest BCUT2D eigenvalue weighted by molar-refractivity contribution is 7.17. The van der Waals surface area contributed by atoms with Gasteiger partial charge in [0.25, 0.3) is 0 Å². The van der Waals surface area contributed by atoms with E-state index in [0.29, 0.717) is 0 Å². The summed E-state index contributed by atoms with van der Waals surface area (Å²) >= 11 is 3.65. The first kappa shape index (κ1) is 11.4. The van der Waals surface area contributed by atoms with E-state index in [1.165, 1.54) is 52.9 Å². The molecule has 0 nitrogen and oxygen atoms in total. The molecule has 0 radical (unpaired) electrons. The lowest BCUT2D eigenvalue weighted by molar-refractivity contribution is 1.58. The Balaban J connectivity index is 1.83. The van der Waals surface area contributed by atoms with E-state index in [0.717, 1.165) is 0 Å². The van der Waals surface area contributed by atoms with E-state index in [9.17, 15) is 0 Å². The topological polar surface area (TPSA) is 0 Å². The van der Waals surface area contributed by atoms with Crippen molar-refractivity contribution in [3.05, 3.63) is 74.3 Å². The molecule has 102 valence electrons. The molecule has 0 bridgehead atoms. The van der Waals surface area contributed by atoms with E-state index in [1.54, 1.807) is 0 Å². The normalized spacial score (nSPS) is 14.9. The predicted molar refractivity (Wildman–Crippen MR) is 97.9 cm³/mol. The third kappa shape index (κ3) is 1.24. The lowest BCUT2D eigenvalue weighted by Gasteiger charge is -2.03. The van der Waals surface area contributed by atoms with Crippen LogP contribution in [0.3, 0.4) is 0 Å². The van der Waals surface area contributed by atoms with Crippen LogP contribution >= 0.6 is 22.7 Å². The molecule has 0 saturated heterocycles. The molecule has 0 N–H and O–H groups in total. The van der Waals surface area contributed by atoms with Gasteiger partial charge in [0.15, 0.2) is 0 Å². The maximum Gasteiger partial charge on any atom is 0.0349 e. The van der Waals surface area contributed by atoms with Crippen molar-refractivity contribution in [3.8, 4) is 0 Å². The van der Waals surface area contributed by atoms with E-state index in [2.05, 4.69) is 59.3 Å². The fraction of sp³-hybridized carbons (Fsp3) is 0. The van der Waals surface area contributed by atoms with Crippen molar-refractivity contribution in [2.75, 3.05) is 0 Å². The second kappa shape index (κ2) is 3.78. The Bertz CT molecular complexity index is 1260. The summed E-state index contributed by atoms with van der Waals surface area (Å²) < 4.78 is 2.76. The molecule has 22 heavy (non-hydrogen) atoms. The molecule has 2 aliphatic carbocycles. The Morgan fingerprint density at radius 2 is 1.45 bits per heavy atom. The maximum atomic E-state index is 2.37. The van der Waals surface area contributed by atoms with Crippen molar-refractivity contribution in [1.82, 2.24) is 0 Å². The summed E-state index contributed by atoms with van der Waals surface area (Å²) in [4.78, 5) is 0. The lowest BCUT2D eigenvalue weighted by Crippen LogP contribution is -2.23. The summed E-state index contributed by atoms with van der Waals surface area (Å²) in [5, 5.41) is 9.96. The van der Waals surface area contributed by atoms with Crippen LogP contribution in [0.2, 0.25) is 0 Å². The molecule has 4 aromatic rings. The number of thiophene rings is 2. The summed E-state index contributed by atoms with van der Waals surface area (Å²) in [6.45, 7) is 0. The molecule has 0 aliphatic heterocycles. The number of allylic oxidation sites excluding steroid dienone is 1. The van der Waals surface area contributed by atoms with Crippen LogP contribution in [0.5, 0.6) is 0 Å². The van der Waals surface area contributed by atoms with Gasteiger partial charge in [0.2, 0.25) is 0 Å². The van der Waals surface area contributed by atoms with Crippen LogP contribution in [-0.4, -0.2) is 0 Å². The molecule has 0 fully saturated rings. The number of hydrogen-bond acceptors (Lipinski definition) is 2. The standard InChI is InChI=1S/C20H10S2/c1-3-18-12(5-7-21-18)16-9-11-10-17-13-6-8-22-19(13)4-2-15(17)20(11)14(1)16/h1-10H. The largest absolute Gasteiger partial charge is 0.144 e. The minimum atomic E-state index is 1.38. The van der Waals surface area contributed by atoms with E-state index in [1.807, 2.05) is 22.7 Å². The molecule has 2 heterocycles. The van der Waals surface area contributed by atoms with E-state index in [-0.39, 0.29) is 0 Å². The van der Waals surface area contributed by atoms with Gasteiger partial charge in [-0.3, -0.25) is 0 Å². The Morgan fingerprint density at radius 1 is 0.682 bits per heavy atom. The smallest absolute Gasteiger partial charge is 0.0349 e. The zero-order valence-electron chi connectivity index (χ0n) is 11.6. The molecule has 0 atom stereocenters. The summed E-state index contributed by atoms with van der Waals surface area (Å²) in [5.74, 6) is 0. The quantitative estimate of drug-likeness (QED) is 0.448. The molecule has 0 amide bonds. The summed E-state index contributed by atoms with van der Waals surface area (Å²) in [6.07, 6.45) is 4.75. The first-order chi connectivity index (χ1) is 10.9. The fourth-order valence-electron chi connectivity index (χ4n) is 3.83. The second-order valence-corrected chi connectivity index (χ2v) is 7.73. The first-order valence-electron chi connectivity index (χ1n) is 7.35. The van der Waals surface area contributed by atoms with Crippen LogP contribution < -0.4 is 10.4 Å². The fourth-order valence-corrected chi connectivity index (χ4v) is 5.44. The van der Waals surface area contributed by atoms with E-state index >= 15 is 0 Å². The van der Waals surface area contributed by atoms with Gasteiger partial charge in [-0.25, -0.2) is 0 Å². The number of benzene rings is 2. The molecule has 0 unspecified atom stereocenters. The average molecular weight is 314 g/mol. The minimum absolute atomic E-state index is 1.38. The van der Waals surface area contributed by atoms with Gasteiger partial charge in [0.05, 0.1) is 0 Å². The Kier molecular flexibility index (Phi) is 1.96. The zero-order chi connectivity index (χ0) is 14.3. The molecule has 6 rings (SSSR count). The highest BCUT2D eigenvalue weighted by atomic mass is 32.1. The van der Waals surface area contributed by atoms with Crippen LogP contribution in [0.4, 0.5) is 0 Å². The van der Waals surface area contributed by atoms with Crippen molar-refractivity contribution in [3.63, 3.8) is 0 Å². The number of hydrogen-bond donors (Lipinski definition) is 0. The summed E-state index contributed by atoms with van der Waals surface area (Å²) in [6, 6.07) is 13.6. The van der Waals surface area contributed by atoms with Crippen LogP contribution in [0.1, 0.15) is 11.1 Å². The van der Waals surface area contributed by atoms with Gasteiger partial charge in [-0.05, 0) is 79.9 Å². The minimum Gasteiger partial charge on any atom is -0.144 e. The summed E-state index contributed by atoms with van der Waals surface area (Å²) in [5.41, 5.74) is 5.59. The molecule has 0 spiro atoms. The Hall–Kier alpha value is -2.16. The predicted octanol–water partition coefficient (Wildman–Crippen LogP) is 4.51. The van der Waals surface area contributed by atoms with Crippen molar-refractivity contribution in [2.24, 2.45) is 0 Å². The third-order valence-corrected chi connectivity index (χ3v) is 6.55. The third-order valence-electron chi connectivity index (χ3n) is 4.78. The molecular formula is C20H10S2. The number of fused-ring (bicyclic) bond motifs is 8.